The third-order valence-electron chi connectivity index (χ3n) is 23.1. The average molecular weight is 1860 g/mol. The molecule has 6 aromatic carbocycles. The van der Waals surface area contributed by atoms with Gasteiger partial charge in [-0.3, -0.25) is 67.1 Å². The van der Waals surface area contributed by atoms with E-state index in [1.165, 1.54) is 58.0 Å². The molecule has 133 heavy (non-hydrogen) atoms. The summed E-state index contributed by atoms with van der Waals surface area (Å²) in [6.45, 7) is -4.68. The lowest BCUT2D eigenvalue weighted by Gasteiger charge is -2.32. The smallest absolute Gasteiger partial charge is 0.336 e. The number of carboxylic acids is 4. The molecule has 6 aromatic rings. The van der Waals surface area contributed by atoms with Crippen LogP contribution in [-0.4, -0.2) is 235 Å². The Bertz CT molecular complexity index is 5550. The van der Waals surface area contributed by atoms with Crippen LogP contribution in [0, 0.1) is 5.92 Å². The summed E-state index contributed by atoms with van der Waals surface area (Å²) in [6.07, 6.45) is 2.24. The molecular weight excluding hydrogens is 1750 g/mol. The number of nitrogens with zero attached hydrogens (tertiary/aromatic N) is 4. The van der Waals surface area contributed by atoms with Gasteiger partial charge >= 0.3 is 23.9 Å². The van der Waals surface area contributed by atoms with E-state index in [9.17, 15) is 97.5 Å². The van der Waals surface area contributed by atoms with Crippen LogP contribution in [0.3, 0.4) is 0 Å². The molecule has 5 atom stereocenters. The molecule has 4 heterocycles. The first kappa shape index (κ1) is 99.6. The molecule has 4 aliphatic heterocycles. The Kier molecular flexibility index (Phi) is 36.9. The number of unbranched alkanes of at least 4 members (excludes halogenated alkanes) is 1. The van der Waals surface area contributed by atoms with Crippen molar-refractivity contribution in [3.63, 3.8) is 0 Å². The number of anilines is 1. The SMILES string of the molecule is NC(=O)[C@H](CCCCNC(=S)Nc1ccc(-c2c3ccc(=O)cc-3oc3cc(O)ccc23)c(C(=O)O)c1)NC(=O)CN1C[C@H](Cc2ccccc2)NC(=O)CN(C(=O)CCC(=O)O)C[C@H](CCC(=O)O)NC(=O)CN(C(=O)Cc2ccc3c(c2)OCO3)C[C@H](CCC(=O)O)NC(=O)CN(C(=O)CCC2CCCCC2)C[C@H](Cc2ccccc2)NC(=O)c2ccc(cc2)CSCCC1=O. The fourth-order valence-electron chi connectivity index (χ4n) is 16.5. The summed E-state index contributed by atoms with van der Waals surface area (Å²) >= 11 is 6.96. The maximum atomic E-state index is 15.0. The molecular formula is C96H110N12O23S2. The van der Waals surface area contributed by atoms with Crippen LogP contribution in [0.2, 0.25) is 0 Å². The van der Waals surface area contributed by atoms with Crippen LogP contribution in [-0.2, 0) is 82.5 Å². The number of carbonyl (C=O) groups excluding carboxylic acids is 10. The number of hydrogen-bond donors (Lipinski definition) is 13. The minimum atomic E-state index is -1.40. The van der Waals surface area contributed by atoms with Crippen molar-refractivity contribution in [3.05, 3.63) is 201 Å². The Balaban J connectivity index is 0.856. The number of nitrogens with one attached hydrogen (secondary N) is 7. The topological polar surface area (TPSA) is 512 Å². The van der Waals surface area contributed by atoms with E-state index in [2.05, 4.69) is 37.2 Å². The molecule has 0 spiro atoms. The van der Waals surface area contributed by atoms with Crippen LogP contribution in [0.1, 0.15) is 152 Å². The van der Waals surface area contributed by atoms with Gasteiger partial charge in [0.05, 0.1) is 56.7 Å². The molecule has 12 rings (SSSR count). The monoisotopic (exact) mass is 1860 g/mol. The van der Waals surface area contributed by atoms with Gasteiger partial charge < -0.3 is 102 Å². The number of hydrogen-bond acceptors (Lipinski definition) is 21. The number of phenols is 1. The molecule has 37 heteroatoms. The van der Waals surface area contributed by atoms with Crippen LogP contribution in [0.5, 0.6) is 17.2 Å². The quantitative estimate of drug-likeness (QED) is 0.00877. The van der Waals surface area contributed by atoms with Crippen molar-refractivity contribution < 1.29 is 107 Å². The molecule has 6 aliphatic rings. The number of aromatic carboxylic acids is 1. The first-order chi connectivity index (χ1) is 63.9. The molecule has 704 valence electrons. The molecule has 1 saturated carbocycles. The number of rotatable bonds is 30. The highest BCUT2D eigenvalue weighted by atomic mass is 32.2. The van der Waals surface area contributed by atoms with Crippen LogP contribution >= 0.6 is 24.0 Å². The maximum absolute atomic E-state index is 15.0. The lowest BCUT2D eigenvalue weighted by Crippen LogP contribution is -2.55. The highest BCUT2D eigenvalue weighted by Crippen LogP contribution is 2.43. The van der Waals surface area contributed by atoms with Gasteiger partial charge in [-0.25, -0.2) is 4.79 Å². The second-order valence-corrected chi connectivity index (χ2v) is 34.9. The van der Waals surface area contributed by atoms with E-state index >= 15 is 0 Å². The minimum Gasteiger partial charge on any atom is -0.508 e. The van der Waals surface area contributed by atoms with Gasteiger partial charge in [-0.1, -0.05) is 117 Å². The molecule has 35 nitrogen and oxygen atoms in total. The summed E-state index contributed by atoms with van der Waals surface area (Å²) in [5.41, 5.74) is 9.91. The molecule has 0 aromatic heterocycles. The normalized spacial score (nSPS) is 17.5. The predicted molar refractivity (Wildman–Crippen MR) is 496 cm³/mol. The van der Waals surface area contributed by atoms with Gasteiger partial charge in [0.15, 0.2) is 22.0 Å². The third-order valence-corrected chi connectivity index (χ3v) is 24.4. The van der Waals surface area contributed by atoms with Gasteiger partial charge in [0.1, 0.15) is 23.1 Å². The number of aromatic hydroxyl groups is 1. The van der Waals surface area contributed by atoms with Gasteiger partial charge in [-0.15, -0.1) is 0 Å². The maximum Gasteiger partial charge on any atom is 0.336 e. The zero-order valence-corrected chi connectivity index (χ0v) is 75.0. The molecule has 0 radical (unpaired) electrons. The lowest BCUT2D eigenvalue weighted by molar-refractivity contribution is -0.142. The van der Waals surface area contributed by atoms with Gasteiger partial charge in [0.2, 0.25) is 60.0 Å². The number of carbonyl (C=O) groups is 14. The standard InChI is InChI=1S/C96H110N12O23S2/c97-93(125)76(18-10-11-40-98-96(132)103-65-25-30-72(75(46-65)95(127)128)92-73-31-28-70(109)47-78(73)131-79-48-71(110)29-32-74(79)92)104-84(114)56-107-51-68(42-60-14-6-2-7-15-60)101-83(113)54-105(86(116)35-38-91(123)124)49-66(26-36-89(119)120)99-82(112)55-108(88(118)45-63-21-33-77-80(44-63)130-58-129-77)50-67(27-37-90(121)122)100-81(111)53-106(85(115)34-22-59-12-4-1-5-13-59)52-69(43-61-16-8-3-9-17-61)102-94(126)64-23-19-62(20-24-64)57-133-41-39-87(107)117/h2-3,6-9,14-17,19-21,23-25,28-33,44,46-48,59,66-69,76,109H,1,4-5,10-13,18,22,26-27,34-43,45,49-58H2,(H2,97,125)(H,99,112)(H,100,111)(H,101,113)(H,102,126)(H,104,114)(H,119,120)(H,121,122)(H,123,124)(H,127,128)(H2,98,103,132)/t66-,67-,68-,69-,76-/m0/s1. The third kappa shape index (κ3) is 31.4. The first-order valence-electron chi connectivity index (χ1n) is 44.2. The van der Waals surface area contributed by atoms with E-state index in [1.54, 1.807) is 91.0 Å². The highest BCUT2D eigenvalue weighted by molar-refractivity contribution is 7.98. The second-order valence-electron chi connectivity index (χ2n) is 33.4. The predicted octanol–water partition coefficient (Wildman–Crippen LogP) is 8.01. The van der Waals surface area contributed by atoms with Crippen LogP contribution < -0.4 is 57.9 Å². The van der Waals surface area contributed by atoms with Crippen molar-refractivity contribution >= 4 is 129 Å². The van der Waals surface area contributed by atoms with Crippen molar-refractivity contribution in [2.45, 2.75) is 164 Å². The number of benzene rings is 7. The number of primary amides is 1. The van der Waals surface area contributed by atoms with Gasteiger partial charge in [-0.05, 0) is 158 Å². The molecule has 2 bridgehead atoms. The zero-order valence-electron chi connectivity index (χ0n) is 73.4. The number of thioether (sulfide) groups is 1. The van der Waals surface area contributed by atoms with E-state index in [-0.39, 0.29) is 121 Å². The van der Waals surface area contributed by atoms with Crippen molar-refractivity contribution in [2.24, 2.45) is 11.7 Å². The molecule has 10 amide bonds. The number of carboxylic acid groups (broad SMARTS) is 4. The number of amides is 10. The summed E-state index contributed by atoms with van der Waals surface area (Å²) in [4.78, 5) is 213. The van der Waals surface area contributed by atoms with Crippen molar-refractivity contribution in [1.82, 2.24) is 51.5 Å². The van der Waals surface area contributed by atoms with Gasteiger partial charge in [0, 0.05) is 128 Å². The summed E-state index contributed by atoms with van der Waals surface area (Å²) in [7, 11) is 0. The molecule has 1 fully saturated rings. The number of thiocarbonyl (C=S) groups is 1. The average Bonchev–Trinajstić information content (AvgIpc) is 1.29. The Morgan fingerprint density at radius 2 is 1.16 bits per heavy atom. The van der Waals surface area contributed by atoms with Crippen LogP contribution in [0.15, 0.2) is 167 Å². The van der Waals surface area contributed by atoms with E-state index in [1.807, 2.05) is 30.3 Å². The highest BCUT2D eigenvalue weighted by Gasteiger charge is 2.34. The number of phenolic OH excluding ortho intramolecular Hbond substituents is 1. The van der Waals surface area contributed by atoms with E-state index < -0.39 is 197 Å². The second kappa shape index (κ2) is 49.3. The largest absolute Gasteiger partial charge is 0.508 e. The van der Waals surface area contributed by atoms with Crippen molar-refractivity contribution in [3.8, 4) is 39.7 Å². The van der Waals surface area contributed by atoms with Crippen molar-refractivity contribution in [1.29, 1.82) is 0 Å². The van der Waals surface area contributed by atoms with E-state index in [0.29, 0.717) is 63.4 Å². The zero-order chi connectivity index (χ0) is 95.0. The Hall–Kier alpha value is -14.0. The Morgan fingerprint density at radius 1 is 0.564 bits per heavy atom. The van der Waals surface area contributed by atoms with Gasteiger partial charge in [0.25, 0.3) is 5.91 Å². The molecule has 2 aliphatic carbocycles. The molecule has 0 saturated heterocycles. The Labute approximate surface area is 776 Å². The van der Waals surface area contributed by atoms with Crippen LogP contribution in [0.25, 0.3) is 33.4 Å². The van der Waals surface area contributed by atoms with Crippen molar-refractivity contribution in [2.75, 3.05) is 76.8 Å². The fourth-order valence-corrected chi connectivity index (χ4v) is 17.6. The summed E-state index contributed by atoms with van der Waals surface area (Å²) in [5, 5.41) is 71.9. The summed E-state index contributed by atoms with van der Waals surface area (Å²) < 4.78 is 17.1. The molecule has 0 unspecified atom stereocenters. The minimum absolute atomic E-state index is 0.00145. The fraction of sp³-hybridized carbons (Fsp3) is 0.396. The number of nitrogens with two attached hydrogens (primary N) is 1. The van der Waals surface area contributed by atoms with Gasteiger partial charge in [-0.2, -0.15) is 11.8 Å². The Morgan fingerprint density at radius 3 is 1.78 bits per heavy atom. The lowest BCUT2D eigenvalue weighted by atomic mass is 9.86. The first-order valence-corrected chi connectivity index (χ1v) is 45.8. The number of aliphatic carboxylic acids is 3. The number of fused-ring (bicyclic) bond motifs is 32. The van der Waals surface area contributed by atoms with E-state index in [4.69, 9.17) is 31.8 Å². The van der Waals surface area contributed by atoms with Crippen LogP contribution in [0.4, 0.5) is 5.69 Å². The molecule has 14 N–H and O–H groups in total. The van der Waals surface area contributed by atoms with E-state index in [0.717, 1.165) is 53.0 Å². The summed E-state index contributed by atoms with van der Waals surface area (Å²) in [5.74, 6) is -11.4. The summed E-state index contributed by atoms with van der Waals surface area (Å²) in [6, 6.07) is 36.5. The number of ether oxygens (including phenoxy) is 2.